The van der Waals surface area contributed by atoms with Gasteiger partial charge in [-0.25, -0.2) is 0 Å². The van der Waals surface area contributed by atoms with E-state index in [2.05, 4.69) is 15.1 Å². The number of nitrogens with zero attached hydrogens (tertiary/aromatic N) is 3. The molecule has 0 unspecified atom stereocenters. The molecule has 136 valence electrons. The average molecular weight is 336 g/mol. The highest BCUT2D eigenvalue weighted by Crippen LogP contribution is 2.26. The van der Waals surface area contributed by atoms with Crippen LogP contribution in [0, 0.1) is 5.92 Å². The maximum absolute atomic E-state index is 12.7. The summed E-state index contributed by atoms with van der Waals surface area (Å²) in [7, 11) is 1.82. The molecule has 6 nitrogen and oxygen atoms in total. The van der Waals surface area contributed by atoms with Crippen molar-refractivity contribution in [2.24, 2.45) is 5.92 Å². The van der Waals surface area contributed by atoms with Gasteiger partial charge < -0.3 is 15.1 Å². The summed E-state index contributed by atoms with van der Waals surface area (Å²) in [5, 5.41) is 2.94. The normalized spacial score (nSPS) is 26.8. The van der Waals surface area contributed by atoms with Crippen molar-refractivity contribution in [3.8, 4) is 0 Å². The van der Waals surface area contributed by atoms with Crippen molar-refractivity contribution in [1.29, 1.82) is 0 Å². The largest absolute Gasteiger partial charge is 0.342 e. The fourth-order valence-electron chi connectivity index (χ4n) is 4.48. The molecule has 1 N–H and O–H groups in total. The molecule has 0 radical (unpaired) electrons. The number of likely N-dealkylation sites (tertiary alicyclic amines) is 3. The lowest BCUT2D eigenvalue weighted by Gasteiger charge is -2.42. The highest BCUT2D eigenvalue weighted by atomic mass is 16.2. The van der Waals surface area contributed by atoms with Crippen molar-refractivity contribution in [3.05, 3.63) is 0 Å². The molecule has 0 aliphatic carbocycles. The fourth-order valence-corrected chi connectivity index (χ4v) is 4.48. The molecule has 24 heavy (non-hydrogen) atoms. The molecule has 3 heterocycles. The molecular weight excluding hydrogens is 304 g/mol. The highest BCUT2D eigenvalue weighted by Gasteiger charge is 2.34. The second-order valence-electron chi connectivity index (χ2n) is 7.51. The van der Waals surface area contributed by atoms with Gasteiger partial charge in [0.25, 0.3) is 0 Å². The van der Waals surface area contributed by atoms with Gasteiger partial charge in [0.05, 0.1) is 12.5 Å². The molecule has 2 amide bonds. The Balaban J connectivity index is 1.48. The summed E-state index contributed by atoms with van der Waals surface area (Å²) in [5.74, 6) is 0.788. The Kier molecular flexibility index (Phi) is 6.11. The molecule has 0 aromatic carbocycles. The Morgan fingerprint density at radius 2 is 1.62 bits per heavy atom. The first-order chi connectivity index (χ1) is 11.7. The summed E-state index contributed by atoms with van der Waals surface area (Å²) in [5.41, 5.74) is 0. The lowest BCUT2D eigenvalue weighted by atomic mass is 9.93. The SMILES string of the molecule is CNCC(=O)N1CCC(N2CCC[C@H](C(=O)N3CCCC3)C2)CC1. The first kappa shape index (κ1) is 17.7. The number of hydrogen-bond donors (Lipinski definition) is 1. The van der Waals surface area contributed by atoms with Crippen LogP contribution in [0.1, 0.15) is 38.5 Å². The number of likely N-dealkylation sites (N-methyl/N-ethyl adjacent to an activating group) is 1. The van der Waals surface area contributed by atoms with Crippen LogP contribution in [0.25, 0.3) is 0 Å². The molecular formula is C18H32N4O2. The van der Waals surface area contributed by atoms with E-state index in [1.165, 1.54) is 12.8 Å². The third kappa shape index (κ3) is 4.09. The van der Waals surface area contributed by atoms with E-state index in [0.29, 0.717) is 18.5 Å². The predicted molar refractivity (Wildman–Crippen MR) is 93.6 cm³/mol. The summed E-state index contributed by atoms with van der Waals surface area (Å²) in [6.45, 7) is 6.09. The first-order valence-corrected chi connectivity index (χ1v) is 9.64. The van der Waals surface area contributed by atoms with Gasteiger partial charge in [-0.2, -0.15) is 0 Å². The molecule has 6 heteroatoms. The number of amides is 2. The Labute approximate surface area is 145 Å². The third-order valence-corrected chi connectivity index (χ3v) is 5.88. The Hall–Kier alpha value is -1.14. The number of hydrogen-bond acceptors (Lipinski definition) is 4. The van der Waals surface area contributed by atoms with Gasteiger partial charge in [-0.1, -0.05) is 0 Å². The molecule has 0 saturated carbocycles. The summed E-state index contributed by atoms with van der Waals surface area (Å²) < 4.78 is 0. The van der Waals surface area contributed by atoms with Crippen molar-refractivity contribution >= 4 is 11.8 Å². The zero-order valence-corrected chi connectivity index (χ0v) is 15.0. The fraction of sp³-hybridized carbons (Fsp3) is 0.889. The zero-order chi connectivity index (χ0) is 16.9. The van der Waals surface area contributed by atoms with Gasteiger partial charge in [0.2, 0.25) is 11.8 Å². The second-order valence-corrected chi connectivity index (χ2v) is 7.51. The summed E-state index contributed by atoms with van der Waals surface area (Å²) in [6.07, 6.45) is 6.59. The average Bonchev–Trinajstić information content (AvgIpc) is 3.16. The Bertz CT molecular complexity index is 442. The molecule has 0 bridgehead atoms. The van der Waals surface area contributed by atoms with Crippen LogP contribution in [-0.4, -0.2) is 85.4 Å². The van der Waals surface area contributed by atoms with Crippen molar-refractivity contribution in [2.45, 2.75) is 44.6 Å². The zero-order valence-electron chi connectivity index (χ0n) is 15.0. The maximum Gasteiger partial charge on any atom is 0.236 e. The topological polar surface area (TPSA) is 55.9 Å². The third-order valence-electron chi connectivity index (χ3n) is 5.88. The number of nitrogens with one attached hydrogen (secondary N) is 1. The van der Waals surface area contributed by atoms with Gasteiger partial charge >= 0.3 is 0 Å². The molecule has 3 aliphatic rings. The van der Waals surface area contributed by atoms with Crippen LogP contribution in [0.15, 0.2) is 0 Å². The monoisotopic (exact) mass is 336 g/mol. The standard InChI is InChI=1S/C18H32N4O2/c1-19-13-17(23)20-11-6-16(7-12-20)22-10-4-5-15(14-22)18(24)21-8-2-3-9-21/h15-16,19H,2-14H2,1H3/t15-/m0/s1. The van der Waals surface area contributed by atoms with Gasteiger partial charge in [-0.3, -0.25) is 14.5 Å². The van der Waals surface area contributed by atoms with Gasteiger partial charge in [0.1, 0.15) is 0 Å². The maximum atomic E-state index is 12.7. The number of carbonyl (C=O) groups is 2. The molecule has 1 atom stereocenters. The van der Waals surface area contributed by atoms with Gasteiger partial charge in [-0.05, 0) is 52.1 Å². The minimum atomic E-state index is 0.195. The van der Waals surface area contributed by atoms with Gasteiger partial charge in [0, 0.05) is 38.8 Å². The van der Waals surface area contributed by atoms with E-state index in [1.807, 2.05) is 11.9 Å². The van der Waals surface area contributed by atoms with E-state index in [9.17, 15) is 9.59 Å². The van der Waals surface area contributed by atoms with Crippen molar-refractivity contribution < 1.29 is 9.59 Å². The number of rotatable bonds is 4. The van der Waals surface area contributed by atoms with Crippen LogP contribution < -0.4 is 5.32 Å². The van der Waals surface area contributed by atoms with Crippen LogP contribution in [0.4, 0.5) is 0 Å². The second kappa shape index (κ2) is 8.30. The van der Waals surface area contributed by atoms with Crippen LogP contribution in [0.3, 0.4) is 0 Å². The van der Waals surface area contributed by atoms with Crippen LogP contribution >= 0.6 is 0 Å². The molecule has 0 aromatic heterocycles. The van der Waals surface area contributed by atoms with E-state index < -0.39 is 0 Å². The smallest absolute Gasteiger partial charge is 0.236 e. The molecule has 3 aliphatic heterocycles. The molecule has 3 fully saturated rings. The Morgan fingerprint density at radius 1 is 0.917 bits per heavy atom. The lowest BCUT2D eigenvalue weighted by Crippen LogP contribution is -2.52. The van der Waals surface area contributed by atoms with Gasteiger partial charge in [-0.15, -0.1) is 0 Å². The quantitative estimate of drug-likeness (QED) is 0.814. The van der Waals surface area contributed by atoms with E-state index in [-0.39, 0.29) is 11.8 Å². The highest BCUT2D eigenvalue weighted by molar-refractivity contribution is 5.79. The van der Waals surface area contributed by atoms with E-state index in [4.69, 9.17) is 0 Å². The van der Waals surface area contributed by atoms with E-state index >= 15 is 0 Å². The predicted octanol–water partition coefficient (Wildman–Crippen LogP) is 0.531. The van der Waals surface area contributed by atoms with Crippen molar-refractivity contribution in [3.63, 3.8) is 0 Å². The number of piperidine rings is 2. The van der Waals surface area contributed by atoms with Crippen molar-refractivity contribution in [1.82, 2.24) is 20.0 Å². The summed E-state index contributed by atoms with van der Waals surface area (Å²) in [6, 6.07) is 0.540. The number of carbonyl (C=O) groups excluding carboxylic acids is 2. The van der Waals surface area contributed by atoms with Gasteiger partial charge in [0.15, 0.2) is 0 Å². The minimum Gasteiger partial charge on any atom is -0.342 e. The summed E-state index contributed by atoms with van der Waals surface area (Å²) in [4.78, 5) is 31.2. The van der Waals surface area contributed by atoms with E-state index in [0.717, 1.165) is 65.0 Å². The molecule has 0 aromatic rings. The minimum absolute atomic E-state index is 0.195. The van der Waals surface area contributed by atoms with Crippen LogP contribution in [0.2, 0.25) is 0 Å². The van der Waals surface area contributed by atoms with Crippen molar-refractivity contribution in [2.75, 3.05) is 52.9 Å². The van der Waals surface area contributed by atoms with Crippen LogP contribution in [0.5, 0.6) is 0 Å². The summed E-state index contributed by atoms with van der Waals surface area (Å²) >= 11 is 0. The molecule has 3 rings (SSSR count). The van der Waals surface area contributed by atoms with Crippen LogP contribution in [-0.2, 0) is 9.59 Å². The molecule has 0 spiro atoms. The first-order valence-electron chi connectivity index (χ1n) is 9.64. The van der Waals surface area contributed by atoms with E-state index in [1.54, 1.807) is 0 Å². The molecule has 3 saturated heterocycles. The lowest BCUT2D eigenvalue weighted by molar-refractivity contribution is -0.136. The Morgan fingerprint density at radius 3 is 2.29 bits per heavy atom.